The average molecular weight is 165 g/mol. The van der Waals surface area contributed by atoms with Crippen molar-refractivity contribution < 1.29 is 0 Å². The number of nitrogens with one attached hydrogen (secondary N) is 1. The van der Waals surface area contributed by atoms with E-state index < -0.39 is 0 Å². The van der Waals surface area contributed by atoms with Crippen LogP contribution >= 0.6 is 12.2 Å². The van der Waals surface area contributed by atoms with Crippen LogP contribution in [0.2, 0.25) is 0 Å². The van der Waals surface area contributed by atoms with Crippen molar-refractivity contribution in [3.8, 4) is 0 Å². The van der Waals surface area contributed by atoms with E-state index in [1.54, 1.807) is 0 Å². The van der Waals surface area contributed by atoms with Gasteiger partial charge in [0, 0.05) is 5.69 Å². The van der Waals surface area contributed by atoms with Gasteiger partial charge in [0.15, 0.2) is 0 Å². The molecule has 58 valence electrons. The molecule has 1 aromatic rings. The van der Waals surface area contributed by atoms with E-state index in [2.05, 4.69) is 11.1 Å². The number of rotatable bonds is 0. The standard InChI is InChI=1S/C9H11NS/c11-9-6-5-7-3-1-2-4-8(7)10-9/h5-6H,1-4H2,(H,10,11). The molecule has 1 nitrogen and oxygen atoms in total. The molecule has 0 radical (unpaired) electrons. The molecule has 1 N–H and O–H groups in total. The highest BCUT2D eigenvalue weighted by molar-refractivity contribution is 7.71. The molecular formula is C9H11NS. The predicted molar refractivity (Wildman–Crippen MR) is 48.3 cm³/mol. The predicted octanol–water partition coefficient (Wildman–Crippen LogP) is 2.62. The lowest BCUT2D eigenvalue weighted by molar-refractivity contribution is 0.667. The summed E-state index contributed by atoms with van der Waals surface area (Å²) in [4.78, 5) is 3.24. The Morgan fingerprint density at radius 3 is 2.91 bits per heavy atom. The van der Waals surface area contributed by atoms with Crippen molar-refractivity contribution in [3.05, 3.63) is 28.0 Å². The van der Waals surface area contributed by atoms with E-state index in [9.17, 15) is 0 Å². The first-order chi connectivity index (χ1) is 5.36. The van der Waals surface area contributed by atoms with Crippen molar-refractivity contribution in [2.75, 3.05) is 0 Å². The Morgan fingerprint density at radius 2 is 2.00 bits per heavy atom. The molecule has 0 amide bonds. The summed E-state index contributed by atoms with van der Waals surface area (Å²) in [5.41, 5.74) is 2.83. The summed E-state index contributed by atoms with van der Waals surface area (Å²) in [5.74, 6) is 0. The van der Waals surface area contributed by atoms with Gasteiger partial charge in [0.05, 0.1) is 0 Å². The summed E-state index contributed by atoms with van der Waals surface area (Å²) in [7, 11) is 0. The fourth-order valence-corrected chi connectivity index (χ4v) is 1.81. The van der Waals surface area contributed by atoms with Gasteiger partial charge in [0.2, 0.25) is 0 Å². The summed E-state index contributed by atoms with van der Waals surface area (Å²) in [6.07, 6.45) is 5.04. The first-order valence-corrected chi connectivity index (χ1v) is 4.48. The Morgan fingerprint density at radius 1 is 1.18 bits per heavy atom. The second-order valence-corrected chi connectivity index (χ2v) is 3.47. The van der Waals surface area contributed by atoms with Crippen molar-refractivity contribution in [3.63, 3.8) is 0 Å². The van der Waals surface area contributed by atoms with E-state index in [1.807, 2.05) is 6.07 Å². The number of hydrogen-bond acceptors (Lipinski definition) is 1. The molecule has 0 atom stereocenters. The second-order valence-electron chi connectivity index (χ2n) is 3.03. The molecule has 2 rings (SSSR count). The van der Waals surface area contributed by atoms with Gasteiger partial charge in [0.1, 0.15) is 4.64 Å². The van der Waals surface area contributed by atoms with Gasteiger partial charge in [-0.25, -0.2) is 0 Å². The molecule has 1 aliphatic carbocycles. The summed E-state index contributed by atoms with van der Waals surface area (Å²) in [6.45, 7) is 0. The minimum absolute atomic E-state index is 0.866. The quantitative estimate of drug-likeness (QED) is 0.584. The normalized spacial score (nSPS) is 16.0. The molecule has 0 fully saturated rings. The molecule has 0 aromatic carbocycles. The van der Waals surface area contributed by atoms with Crippen molar-refractivity contribution in [1.82, 2.24) is 4.98 Å². The van der Waals surface area contributed by atoms with Crippen LogP contribution < -0.4 is 0 Å². The average Bonchev–Trinajstić information content (AvgIpc) is 2.04. The van der Waals surface area contributed by atoms with Crippen LogP contribution in [0, 0.1) is 4.64 Å². The summed E-state index contributed by atoms with van der Waals surface area (Å²) < 4.78 is 0.866. The number of aryl methyl sites for hydroxylation is 2. The van der Waals surface area contributed by atoms with Gasteiger partial charge < -0.3 is 4.98 Å². The van der Waals surface area contributed by atoms with Crippen LogP contribution in [0.3, 0.4) is 0 Å². The maximum absolute atomic E-state index is 5.04. The molecule has 0 saturated heterocycles. The SMILES string of the molecule is S=c1ccc2c([nH]1)CCCC2. The third-order valence-electron chi connectivity index (χ3n) is 2.22. The van der Waals surface area contributed by atoms with Crippen molar-refractivity contribution >= 4 is 12.2 Å². The van der Waals surface area contributed by atoms with Gasteiger partial charge in [0.25, 0.3) is 0 Å². The van der Waals surface area contributed by atoms with Gasteiger partial charge in [-0.2, -0.15) is 0 Å². The Bertz CT molecular complexity index is 314. The Labute approximate surface area is 71.5 Å². The number of pyridine rings is 1. The Hall–Kier alpha value is -0.630. The van der Waals surface area contributed by atoms with Gasteiger partial charge in [-0.05, 0) is 37.3 Å². The molecule has 1 heterocycles. The lowest BCUT2D eigenvalue weighted by Gasteiger charge is -2.14. The molecule has 0 unspecified atom stereocenters. The fraction of sp³-hybridized carbons (Fsp3) is 0.444. The first kappa shape index (κ1) is 7.04. The number of hydrogen-bond donors (Lipinski definition) is 1. The van der Waals surface area contributed by atoms with Crippen molar-refractivity contribution in [2.24, 2.45) is 0 Å². The van der Waals surface area contributed by atoms with Gasteiger partial charge >= 0.3 is 0 Å². The first-order valence-electron chi connectivity index (χ1n) is 4.07. The van der Waals surface area contributed by atoms with Gasteiger partial charge in [-0.3, -0.25) is 0 Å². The highest BCUT2D eigenvalue weighted by Gasteiger charge is 2.07. The zero-order chi connectivity index (χ0) is 7.68. The fourth-order valence-electron chi connectivity index (χ4n) is 1.62. The molecule has 0 aliphatic heterocycles. The van der Waals surface area contributed by atoms with E-state index in [0.29, 0.717) is 0 Å². The van der Waals surface area contributed by atoms with E-state index in [4.69, 9.17) is 12.2 Å². The van der Waals surface area contributed by atoms with E-state index >= 15 is 0 Å². The number of aromatic amines is 1. The highest BCUT2D eigenvalue weighted by Crippen LogP contribution is 2.18. The lowest BCUT2D eigenvalue weighted by atomic mass is 9.96. The van der Waals surface area contributed by atoms with Crippen LogP contribution in [0.1, 0.15) is 24.1 Å². The maximum atomic E-state index is 5.04. The molecule has 0 spiro atoms. The summed E-state index contributed by atoms with van der Waals surface area (Å²) in [6, 6.07) is 4.15. The smallest absolute Gasteiger partial charge is 0.103 e. The molecular weight excluding hydrogens is 154 g/mol. The lowest BCUT2D eigenvalue weighted by Crippen LogP contribution is -2.04. The third-order valence-corrected chi connectivity index (χ3v) is 2.46. The van der Waals surface area contributed by atoms with Crippen LogP contribution in [0.5, 0.6) is 0 Å². The number of fused-ring (bicyclic) bond motifs is 1. The summed E-state index contributed by atoms with van der Waals surface area (Å²) in [5, 5.41) is 0. The van der Waals surface area contributed by atoms with E-state index in [1.165, 1.54) is 36.9 Å². The molecule has 1 aromatic heterocycles. The van der Waals surface area contributed by atoms with Crippen LogP contribution in [-0.4, -0.2) is 4.98 Å². The second kappa shape index (κ2) is 2.78. The zero-order valence-electron chi connectivity index (χ0n) is 6.39. The topological polar surface area (TPSA) is 15.8 Å². The van der Waals surface area contributed by atoms with Crippen LogP contribution in [0.4, 0.5) is 0 Å². The largest absolute Gasteiger partial charge is 0.350 e. The molecule has 2 heteroatoms. The molecule has 0 saturated carbocycles. The minimum Gasteiger partial charge on any atom is -0.350 e. The van der Waals surface area contributed by atoms with Crippen LogP contribution in [-0.2, 0) is 12.8 Å². The van der Waals surface area contributed by atoms with E-state index in [-0.39, 0.29) is 0 Å². The Kier molecular flexibility index (Phi) is 1.78. The van der Waals surface area contributed by atoms with Crippen LogP contribution in [0.15, 0.2) is 12.1 Å². The molecule has 1 aliphatic rings. The highest BCUT2D eigenvalue weighted by atomic mass is 32.1. The summed E-state index contributed by atoms with van der Waals surface area (Å²) >= 11 is 5.04. The Balaban J connectivity index is 2.51. The minimum atomic E-state index is 0.866. The number of aromatic nitrogens is 1. The molecule has 0 bridgehead atoms. The van der Waals surface area contributed by atoms with Crippen molar-refractivity contribution in [2.45, 2.75) is 25.7 Å². The zero-order valence-corrected chi connectivity index (χ0v) is 7.21. The van der Waals surface area contributed by atoms with Crippen LogP contribution in [0.25, 0.3) is 0 Å². The third kappa shape index (κ3) is 1.36. The maximum Gasteiger partial charge on any atom is 0.103 e. The monoisotopic (exact) mass is 165 g/mol. The van der Waals surface area contributed by atoms with Crippen molar-refractivity contribution in [1.29, 1.82) is 0 Å². The van der Waals surface area contributed by atoms with E-state index in [0.717, 1.165) is 4.64 Å². The molecule has 11 heavy (non-hydrogen) atoms. The van der Waals surface area contributed by atoms with Gasteiger partial charge in [-0.1, -0.05) is 18.3 Å². The van der Waals surface area contributed by atoms with Gasteiger partial charge in [-0.15, -0.1) is 0 Å². The number of H-pyrrole nitrogens is 1.